The van der Waals surface area contributed by atoms with Gasteiger partial charge in [-0.25, -0.2) is 4.79 Å². The van der Waals surface area contributed by atoms with E-state index in [9.17, 15) is 14.7 Å². The number of hydrogen-bond donors (Lipinski definition) is 1. The summed E-state index contributed by atoms with van der Waals surface area (Å²) in [6.07, 6.45) is 0. The Morgan fingerprint density at radius 3 is 2.40 bits per heavy atom. The van der Waals surface area contributed by atoms with Crippen LogP contribution in [0.25, 0.3) is 5.32 Å². The van der Waals surface area contributed by atoms with Crippen LogP contribution in [0.3, 0.4) is 0 Å². The summed E-state index contributed by atoms with van der Waals surface area (Å²) in [4.78, 5) is 28.6. The third kappa shape index (κ3) is 5.04. The second-order valence-corrected chi connectivity index (χ2v) is 8.81. The Hall–Kier alpha value is -2.98. The van der Waals surface area contributed by atoms with E-state index in [1.165, 1.54) is 19.8 Å². The van der Waals surface area contributed by atoms with Crippen LogP contribution in [0.2, 0.25) is 0 Å². The summed E-state index contributed by atoms with van der Waals surface area (Å²) in [6, 6.07) is 10.8. The van der Waals surface area contributed by atoms with Gasteiger partial charge >= 0.3 is 24.8 Å². The Bertz CT molecular complexity index is 1210. The number of ether oxygens (including phenoxy) is 2. The SMILES string of the molecule is COCC1=C(C(=O)OC)C(c2cccc(O)c2)C2=C(CN(c3c(C)cc(C)cc3C)CC2=O)[N-]1.[Li+]. The van der Waals surface area contributed by atoms with Crippen LogP contribution in [0.5, 0.6) is 5.75 Å². The van der Waals surface area contributed by atoms with Gasteiger partial charge in [-0.15, -0.1) is 11.4 Å². The Labute approximate surface area is 218 Å². The van der Waals surface area contributed by atoms with Crippen LogP contribution >= 0.6 is 0 Å². The van der Waals surface area contributed by atoms with E-state index < -0.39 is 11.9 Å². The molecule has 8 heteroatoms. The third-order valence-corrected chi connectivity index (χ3v) is 6.29. The topological polar surface area (TPSA) is 90.2 Å². The fourth-order valence-electron chi connectivity index (χ4n) is 5.16. The van der Waals surface area contributed by atoms with Gasteiger partial charge in [0.15, 0.2) is 5.78 Å². The first-order chi connectivity index (χ1) is 16.2. The minimum absolute atomic E-state index is 0. The van der Waals surface area contributed by atoms with E-state index in [0.29, 0.717) is 29.1 Å². The minimum atomic E-state index is -0.702. The minimum Gasteiger partial charge on any atom is -0.661 e. The number of phenolic OH excluding ortho intramolecular Hbond substituents is 1. The smallest absolute Gasteiger partial charge is 0.661 e. The van der Waals surface area contributed by atoms with Gasteiger partial charge in [0, 0.05) is 30.8 Å². The van der Waals surface area contributed by atoms with Crippen molar-refractivity contribution in [3.05, 3.63) is 86.5 Å². The number of benzene rings is 2. The number of Topliss-reactive ketones (excluding diaryl/α,β-unsaturated/α-hetero) is 1. The Balaban J connectivity index is 0.00000342. The summed E-state index contributed by atoms with van der Waals surface area (Å²) in [5, 5.41) is 14.9. The third-order valence-electron chi connectivity index (χ3n) is 6.29. The number of phenols is 1. The molecule has 0 aromatic heterocycles. The molecule has 2 aliphatic rings. The number of ketones is 1. The molecule has 0 amide bonds. The van der Waals surface area contributed by atoms with Crippen molar-refractivity contribution < 1.29 is 43.0 Å². The molecule has 0 fully saturated rings. The van der Waals surface area contributed by atoms with Crippen LogP contribution in [0.4, 0.5) is 5.69 Å². The van der Waals surface area contributed by atoms with Gasteiger partial charge in [-0.1, -0.05) is 29.8 Å². The van der Waals surface area contributed by atoms with Crippen LogP contribution in [0.1, 0.15) is 28.2 Å². The summed E-state index contributed by atoms with van der Waals surface area (Å²) in [7, 11) is 2.83. The van der Waals surface area contributed by atoms with Gasteiger partial charge in [-0.3, -0.25) is 4.79 Å². The molecule has 0 spiro atoms. The monoisotopic (exact) mass is 468 g/mol. The maximum atomic E-state index is 13.7. The predicted octanol–water partition coefficient (Wildman–Crippen LogP) is 1.21. The first-order valence-corrected chi connectivity index (χ1v) is 11.1. The number of esters is 1. The van der Waals surface area contributed by atoms with E-state index in [-0.39, 0.29) is 49.1 Å². The standard InChI is InChI=1S/C27H30N2O5.Li/c1-15-9-16(2)26(17(3)10-15)29-12-20-24(22(31)13-29)23(18-7-6-8-19(30)11-18)25(27(32)34-5)21(28-20)14-33-4;/h6-11,23H,12-14H2,1-5H3,(H2,28,30,31,32);/q;+1/p-1. The second kappa shape index (κ2) is 10.7. The molecule has 1 atom stereocenters. The zero-order chi connectivity index (χ0) is 24.6. The number of anilines is 1. The van der Waals surface area contributed by atoms with Crippen LogP contribution < -0.4 is 23.8 Å². The summed E-state index contributed by atoms with van der Waals surface area (Å²) < 4.78 is 10.4. The van der Waals surface area contributed by atoms with Crippen LogP contribution in [0, 0.1) is 20.8 Å². The maximum absolute atomic E-state index is 13.7. The molecule has 1 N–H and O–H groups in total. The number of methoxy groups -OCH3 is 2. The molecule has 0 radical (unpaired) electrons. The van der Waals surface area contributed by atoms with Crippen LogP contribution in [-0.2, 0) is 19.1 Å². The molecular formula is C27H29LiN2O5. The Kier molecular flexibility index (Phi) is 8.17. The number of hydrogen-bond acceptors (Lipinski definition) is 6. The zero-order valence-corrected chi connectivity index (χ0v) is 21.1. The van der Waals surface area contributed by atoms with E-state index in [1.54, 1.807) is 24.3 Å². The molecule has 2 aliphatic heterocycles. The van der Waals surface area contributed by atoms with Crippen molar-refractivity contribution in [1.29, 1.82) is 0 Å². The Morgan fingerprint density at radius 2 is 1.80 bits per heavy atom. The number of aryl methyl sites for hydroxylation is 3. The predicted molar refractivity (Wildman–Crippen MR) is 130 cm³/mol. The molecule has 35 heavy (non-hydrogen) atoms. The Morgan fingerprint density at radius 1 is 1.11 bits per heavy atom. The fourth-order valence-corrected chi connectivity index (χ4v) is 5.16. The fraction of sp³-hybridized carbons (Fsp3) is 0.333. The molecule has 0 bridgehead atoms. The second-order valence-electron chi connectivity index (χ2n) is 8.81. The summed E-state index contributed by atoms with van der Waals surface area (Å²) in [6.45, 7) is 6.82. The number of carbonyl (C=O) groups excluding carboxylic acids is 2. The average Bonchev–Trinajstić information content (AvgIpc) is 2.77. The van der Waals surface area contributed by atoms with Gasteiger partial charge in [0.05, 0.1) is 20.3 Å². The summed E-state index contributed by atoms with van der Waals surface area (Å²) >= 11 is 0. The molecule has 1 unspecified atom stereocenters. The molecule has 4 rings (SSSR count). The van der Waals surface area contributed by atoms with Crippen molar-refractivity contribution in [3.8, 4) is 5.75 Å². The number of carbonyl (C=O) groups is 2. The number of nitrogens with zero attached hydrogens (tertiary/aromatic N) is 2. The molecule has 7 nitrogen and oxygen atoms in total. The van der Waals surface area contributed by atoms with Crippen molar-refractivity contribution in [2.45, 2.75) is 26.7 Å². The van der Waals surface area contributed by atoms with E-state index in [0.717, 1.165) is 16.8 Å². The quantitative estimate of drug-likeness (QED) is 0.524. The molecular weight excluding hydrogens is 439 g/mol. The van der Waals surface area contributed by atoms with Crippen molar-refractivity contribution in [2.24, 2.45) is 0 Å². The zero-order valence-electron chi connectivity index (χ0n) is 21.1. The van der Waals surface area contributed by atoms with E-state index in [1.807, 2.05) is 18.7 Å². The van der Waals surface area contributed by atoms with Crippen molar-refractivity contribution in [3.63, 3.8) is 0 Å². The molecule has 178 valence electrons. The molecule has 2 aromatic carbocycles. The molecule has 2 heterocycles. The molecule has 0 aliphatic carbocycles. The van der Waals surface area contributed by atoms with Crippen LogP contribution in [-0.4, -0.2) is 50.8 Å². The molecule has 2 aromatic rings. The van der Waals surface area contributed by atoms with E-state index >= 15 is 0 Å². The first-order valence-electron chi connectivity index (χ1n) is 11.1. The van der Waals surface area contributed by atoms with Crippen molar-refractivity contribution >= 4 is 17.4 Å². The van der Waals surface area contributed by atoms with Crippen LogP contribution in [0.15, 0.2) is 58.9 Å². The average molecular weight is 468 g/mol. The summed E-state index contributed by atoms with van der Waals surface area (Å²) in [5.74, 6) is -1.34. The molecule has 0 saturated heterocycles. The summed E-state index contributed by atoms with van der Waals surface area (Å²) in [5.41, 5.74) is 6.75. The normalized spacial score (nSPS) is 17.6. The van der Waals surface area contributed by atoms with Crippen molar-refractivity contribution in [1.82, 2.24) is 0 Å². The van der Waals surface area contributed by atoms with E-state index in [4.69, 9.17) is 14.8 Å². The van der Waals surface area contributed by atoms with Gasteiger partial charge in [-0.2, -0.15) is 0 Å². The number of aromatic hydroxyl groups is 1. The maximum Gasteiger partial charge on any atom is 1.00 e. The van der Waals surface area contributed by atoms with Gasteiger partial charge in [0.1, 0.15) is 5.75 Å². The van der Waals surface area contributed by atoms with Gasteiger partial charge < -0.3 is 24.8 Å². The van der Waals surface area contributed by atoms with Gasteiger partial charge in [0.2, 0.25) is 0 Å². The van der Waals surface area contributed by atoms with Gasteiger partial charge in [-0.05, 0) is 55.2 Å². The number of rotatable bonds is 5. The first kappa shape index (κ1) is 26.6. The largest absolute Gasteiger partial charge is 1.00 e. The van der Waals surface area contributed by atoms with Gasteiger partial charge in [0.25, 0.3) is 0 Å². The van der Waals surface area contributed by atoms with Crippen molar-refractivity contribution in [2.75, 3.05) is 38.8 Å². The van der Waals surface area contributed by atoms with E-state index in [2.05, 4.69) is 19.1 Å². The molecule has 0 saturated carbocycles.